The molecule has 0 heterocycles. The Morgan fingerprint density at radius 3 is 2.95 bits per heavy atom. The second-order valence-corrected chi connectivity index (χ2v) is 4.49. The van der Waals surface area contributed by atoms with E-state index in [0.717, 1.165) is 5.56 Å². The van der Waals surface area contributed by atoms with Gasteiger partial charge in [0.1, 0.15) is 11.4 Å². The van der Waals surface area contributed by atoms with Crippen LogP contribution in [0.2, 0.25) is 0 Å². The summed E-state index contributed by atoms with van der Waals surface area (Å²) in [6, 6.07) is 5.44. The van der Waals surface area contributed by atoms with Crippen LogP contribution in [0.15, 0.2) is 28.4 Å². The maximum atomic E-state index is 11.4. The molecule has 0 fully saturated rings. The van der Waals surface area contributed by atoms with Crippen LogP contribution in [0.5, 0.6) is 5.75 Å². The standard InChI is InChI=1S/C15H17ClN2O3/c1-4-6-9-21-13-8-7-11(3)10-12(13)17-18-14(16)15(19)20-5-2/h1,7-8,10,14H,5-6,9H2,2-3H3. The van der Waals surface area contributed by atoms with E-state index in [-0.39, 0.29) is 6.61 Å². The Kier molecular flexibility index (Phi) is 7.27. The predicted octanol–water partition coefficient (Wildman–Crippen LogP) is 3.61. The fourth-order valence-corrected chi connectivity index (χ4v) is 1.53. The predicted molar refractivity (Wildman–Crippen MR) is 80.9 cm³/mol. The smallest absolute Gasteiger partial charge is 0.348 e. The van der Waals surface area contributed by atoms with Gasteiger partial charge in [-0.3, -0.25) is 0 Å². The highest BCUT2D eigenvalue weighted by Gasteiger charge is 2.15. The van der Waals surface area contributed by atoms with E-state index in [1.807, 2.05) is 13.0 Å². The van der Waals surface area contributed by atoms with E-state index in [1.165, 1.54) is 0 Å². The largest absolute Gasteiger partial charge is 0.490 e. The van der Waals surface area contributed by atoms with Gasteiger partial charge in [0.2, 0.25) is 5.50 Å². The molecule has 1 aromatic carbocycles. The molecule has 0 bridgehead atoms. The van der Waals surface area contributed by atoms with Gasteiger partial charge in [0, 0.05) is 6.42 Å². The number of halogens is 1. The first-order valence-electron chi connectivity index (χ1n) is 6.47. The van der Waals surface area contributed by atoms with Crippen molar-refractivity contribution < 1.29 is 14.3 Å². The van der Waals surface area contributed by atoms with Crippen molar-refractivity contribution in [2.45, 2.75) is 25.8 Å². The minimum Gasteiger partial charge on any atom is -0.490 e. The molecule has 1 aromatic rings. The lowest BCUT2D eigenvalue weighted by molar-refractivity contribution is -0.142. The monoisotopic (exact) mass is 308 g/mol. The maximum absolute atomic E-state index is 11.4. The normalized spacial score (nSPS) is 11.9. The first-order chi connectivity index (χ1) is 10.1. The highest BCUT2D eigenvalue weighted by Crippen LogP contribution is 2.29. The number of terminal acetylenes is 1. The topological polar surface area (TPSA) is 60.2 Å². The molecule has 21 heavy (non-hydrogen) atoms. The summed E-state index contributed by atoms with van der Waals surface area (Å²) >= 11 is 5.78. The maximum Gasteiger partial charge on any atom is 0.348 e. The van der Waals surface area contributed by atoms with Crippen molar-refractivity contribution in [1.29, 1.82) is 0 Å². The van der Waals surface area contributed by atoms with E-state index in [2.05, 4.69) is 16.1 Å². The number of alkyl halides is 1. The van der Waals surface area contributed by atoms with Gasteiger partial charge in [0.25, 0.3) is 0 Å². The van der Waals surface area contributed by atoms with Gasteiger partial charge in [-0.05, 0) is 31.5 Å². The molecule has 112 valence electrons. The molecule has 0 amide bonds. The van der Waals surface area contributed by atoms with Crippen molar-refractivity contribution in [2.24, 2.45) is 10.2 Å². The number of aryl methyl sites for hydroxylation is 1. The van der Waals surface area contributed by atoms with Crippen molar-refractivity contribution in [3.63, 3.8) is 0 Å². The number of hydrogen-bond acceptors (Lipinski definition) is 5. The Labute approximate surface area is 129 Å². The molecule has 0 radical (unpaired) electrons. The minimum absolute atomic E-state index is 0.239. The molecule has 0 aromatic heterocycles. The van der Waals surface area contributed by atoms with Crippen LogP contribution in [-0.2, 0) is 9.53 Å². The lowest BCUT2D eigenvalue weighted by Crippen LogP contribution is -2.15. The van der Waals surface area contributed by atoms with Crippen LogP contribution in [0.25, 0.3) is 0 Å². The van der Waals surface area contributed by atoms with Crippen LogP contribution in [0.1, 0.15) is 18.9 Å². The molecule has 0 spiro atoms. The third kappa shape index (κ3) is 5.84. The van der Waals surface area contributed by atoms with Crippen molar-refractivity contribution in [3.8, 4) is 18.1 Å². The van der Waals surface area contributed by atoms with Gasteiger partial charge >= 0.3 is 5.97 Å². The van der Waals surface area contributed by atoms with Crippen molar-refractivity contribution in [1.82, 2.24) is 0 Å². The van der Waals surface area contributed by atoms with Gasteiger partial charge in [0.15, 0.2) is 0 Å². The summed E-state index contributed by atoms with van der Waals surface area (Å²) in [7, 11) is 0. The van der Waals surface area contributed by atoms with E-state index in [4.69, 9.17) is 27.5 Å². The zero-order chi connectivity index (χ0) is 15.7. The van der Waals surface area contributed by atoms with Crippen molar-refractivity contribution in [2.75, 3.05) is 13.2 Å². The Bertz CT molecular complexity index is 552. The molecular formula is C15H17ClN2O3. The van der Waals surface area contributed by atoms with Crippen LogP contribution < -0.4 is 4.74 Å². The first-order valence-corrected chi connectivity index (χ1v) is 6.90. The van der Waals surface area contributed by atoms with Gasteiger partial charge in [-0.25, -0.2) is 4.79 Å². The van der Waals surface area contributed by atoms with Gasteiger partial charge in [0.05, 0.1) is 13.2 Å². The molecule has 6 heteroatoms. The number of nitrogens with zero attached hydrogens (tertiary/aromatic N) is 2. The molecule has 1 unspecified atom stereocenters. The highest BCUT2D eigenvalue weighted by atomic mass is 35.5. The summed E-state index contributed by atoms with van der Waals surface area (Å²) in [6.45, 7) is 4.22. The summed E-state index contributed by atoms with van der Waals surface area (Å²) in [6.07, 6.45) is 5.67. The van der Waals surface area contributed by atoms with E-state index < -0.39 is 11.5 Å². The van der Waals surface area contributed by atoms with Gasteiger partial charge in [-0.15, -0.1) is 17.5 Å². The average Bonchev–Trinajstić information content (AvgIpc) is 2.47. The van der Waals surface area contributed by atoms with Crippen molar-refractivity contribution >= 4 is 23.3 Å². The Hall–Kier alpha value is -2.06. The molecule has 0 N–H and O–H groups in total. The summed E-state index contributed by atoms with van der Waals surface area (Å²) in [5.41, 5.74) is 0.293. The van der Waals surface area contributed by atoms with Crippen LogP contribution in [0.4, 0.5) is 5.69 Å². The van der Waals surface area contributed by atoms with Gasteiger partial charge < -0.3 is 9.47 Å². The molecule has 1 rings (SSSR count). The fraction of sp³-hybridized carbons (Fsp3) is 0.400. The zero-order valence-corrected chi connectivity index (χ0v) is 12.8. The van der Waals surface area contributed by atoms with Gasteiger partial charge in [-0.1, -0.05) is 17.7 Å². The van der Waals surface area contributed by atoms with E-state index in [9.17, 15) is 4.79 Å². The molecule has 0 saturated heterocycles. The number of esters is 1. The number of rotatable bonds is 7. The number of hydrogen-bond donors (Lipinski definition) is 0. The number of carbonyl (C=O) groups is 1. The Balaban J connectivity index is 2.82. The third-order valence-electron chi connectivity index (χ3n) is 2.37. The number of ether oxygens (including phenoxy) is 2. The van der Waals surface area contributed by atoms with Crippen LogP contribution >= 0.6 is 11.6 Å². The third-order valence-corrected chi connectivity index (χ3v) is 2.63. The summed E-state index contributed by atoms with van der Waals surface area (Å²) in [4.78, 5) is 11.4. The fourth-order valence-electron chi connectivity index (χ4n) is 1.42. The number of carbonyl (C=O) groups excluding carboxylic acids is 1. The molecule has 0 aliphatic carbocycles. The lowest BCUT2D eigenvalue weighted by Gasteiger charge is -2.08. The average molecular weight is 309 g/mol. The number of azo groups is 1. The molecule has 1 atom stereocenters. The molecular weight excluding hydrogens is 292 g/mol. The van der Waals surface area contributed by atoms with Gasteiger partial charge in [-0.2, -0.15) is 5.11 Å². The van der Waals surface area contributed by atoms with Crippen molar-refractivity contribution in [3.05, 3.63) is 23.8 Å². The second-order valence-electron chi connectivity index (χ2n) is 4.08. The molecule has 0 aliphatic heterocycles. The van der Waals surface area contributed by atoms with Crippen LogP contribution in [-0.4, -0.2) is 24.7 Å². The zero-order valence-electron chi connectivity index (χ0n) is 12.0. The van der Waals surface area contributed by atoms with Crippen LogP contribution in [0, 0.1) is 19.3 Å². The second kappa shape index (κ2) is 8.98. The SMILES string of the molecule is C#CCCOc1ccc(C)cc1N=NC(Cl)C(=O)OCC. The minimum atomic E-state index is -1.18. The summed E-state index contributed by atoms with van der Waals surface area (Å²) < 4.78 is 10.3. The first kappa shape index (κ1) is 17.0. The highest BCUT2D eigenvalue weighted by molar-refractivity contribution is 6.29. The van der Waals surface area contributed by atoms with E-state index >= 15 is 0 Å². The quantitative estimate of drug-likeness (QED) is 0.193. The van der Waals surface area contributed by atoms with E-state index in [1.54, 1.807) is 19.1 Å². The summed E-state index contributed by atoms with van der Waals surface area (Å²) in [5.74, 6) is 2.39. The Morgan fingerprint density at radius 2 is 2.29 bits per heavy atom. The summed E-state index contributed by atoms with van der Waals surface area (Å²) in [5, 5.41) is 7.70. The lowest BCUT2D eigenvalue weighted by atomic mass is 10.2. The molecule has 0 aliphatic rings. The Morgan fingerprint density at radius 1 is 1.52 bits per heavy atom. The number of benzene rings is 1. The molecule has 0 saturated carbocycles. The molecule has 5 nitrogen and oxygen atoms in total. The van der Waals surface area contributed by atoms with E-state index in [0.29, 0.717) is 24.5 Å². The van der Waals surface area contributed by atoms with Crippen LogP contribution in [0.3, 0.4) is 0 Å².